The third-order valence-electron chi connectivity index (χ3n) is 5.09. The Morgan fingerprint density at radius 2 is 1.18 bits per heavy atom. The fourth-order valence-electron chi connectivity index (χ4n) is 3.53. The molecule has 0 amide bonds. The first kappa shape index (κ1) is 22.9. The number of ether oxygens (including phenoxy) is 3. The van der Waals surface area contributed by atoms with E-state index in [9.17, 15) is 0 Å². The Bertz CT molecular complexity index is 1220. The van der Waals surface area contributed by atoms with E-state index in [1.165, 1.54) is 0 Å². The van der Waals surface area contributed by atoms with Gasteiger partial charge < -0.3 is 19.3 Å². The molecular formula is C26H24N2O4S2. The zero-order valence-corrected chi connectivity index (χ0v) is 20.1. The van der Waals surface area contributed by atoms with Gasteiger partial charge in [-0.3, -0.25) is 0 Å². The maximum atomic E-state index is 8.73. The second kappa shape index (κ2) is 11.0. The lowest BCUT2D eigenvalue weighted by atomic mass is 10.1. The van der Waals surface area contributed by atoms with Crippen LogP contribution in [0.1, 0.15) is 0 Å². The van der Waals surface area contributed by atoms with Gasteiger partial charge in [-0.2, -0.15) is 0 Å². The van der Waals surface area contributed by atoms with Gasteiger partial charge in [0.05, 0.1) is 53.5 Å². The maximum Gasteiger partial charge on any atom is 0.124 e. The zero-order chi connectivity index (χ0) is 23.2. The van der Waals surface area contributed by atoms with E-state index in [0.717, 1.165) is 47.3 Å². The highest BCUT2D eigenvalue weighted by Gasteiger charge is 2.13. The number of rotatable bonds is 11. The minimum atomic E-state index is 0.0190. The largest absolute Gasteiger partial charge is 0.491 e. The molecule has 0 bridgehead atoms. The average molecular weight is 493 g/mol. The molecule has 0 atom stereocenters. The highest BCUT2D eigenvalue weighted by molar-refractivity contribution is 7.22. The van der Waals surface area contributed by atoms with Crippen LogP contribution in [0.2, 0.25) is 0 Å². The quantitative estimate of drug-likeness (QED) is 0.240. The first-order valence-electron chi connectivity index (χ1n) is 11.1. The van der Waals surface area contributed by atoms with Gasteiger partial charge in [-0.05, 0) is 42.5 Å². The Morgan fingerprint density at radius 1 is 0.647 bits per heavy atom. The van der Waals surface area contributed by atoms with Crippen molar-refractivity contribution in [2.24, 2.45) is 0 Å². The lowest BCUT2D eigenvalue weighted by Gasteiger charge is -2.10. The summed E-state index contributed by atoms with van der Waals surface area (Å²) in [7, 11) is 0. The van der Waals surface area contributed by atoms with Crippen LogP contribution in [0, 0.1) is 0 Å². The molecule has 0 saturated carbocycles. The van der Waals surface area contributed by atoms with Crippen molar-refractivity contribution in [3.05, 3.63) is 66.7 Å². The summed E-state index contributed by atoms with van der Waals surface area (Å²) in [6.07, 6.45) is 0. The number of fused-ring (bicyclic) bond motifs is 2. The minimum absolute atomic E-state index is 0.0190. The smallest absolute Gasteiger partial charge is 0.124 e. The van der Waals surface area contributed by atoms with E-state index in [2.05, 4.69) is 18.2 Å². The molecule has 34 heavy (non-hydrogen) atoms. The monoisotopic (exact) mass is 492 g/mol. The SMILES string of the molecule is OCCOCCOCCOc1cc(-c2nc3ccccc3s2)cc(-c2nc3ccccc3s2)c1. The molecule has 3 aromatic carbocycles. The number of hydrogen-bond acceptors (Lipinski definition) is 8. The van der Waals surface area contributed by atoms with Crippen molar-refractivity contribution in [3.8, 4) is 26.9 Å². The molecule has 5 rings (SSSR count). The van der Waals surface area contributed by atoms with Crippen molar-refractivity contribution < 1.29 is 19.3 Å². The topological polar surface area (TPSA) is 73.7 Å². The Morgan fingerprint density at radius 3 is 1.74 bits per heavy atom. The van der Waals surface area contributed by atoms with E-state index in [-0.39, 0.29) is 6.61 Å². The van der Waals surface area contributed by atoms with E-state index in [1.807, 2.05) is 48.5 Å². The van der Waals surface area contributed by atoms with Gasteiger partial charge in [0.15, 0.2) is 0 Å². The Labute approximate surface area is 205 Å². The van der Waals surface area contributed by atoms with Crippen molar-refractivity contribution >= 4 is 43.1 Å². The van der Waals surface area contributed by atoms with Gasteiger partial charge in [0.2, 0.25) is 0 Å². The molecule has 8 heteroatoms. The number of aliphatic hydroxyl groups is 1. The van der Waals surface area contributed by atoms with Gasteiger partial charge in [0, 0.05) is 11.1 Å². The van der Waals surface area contributed by atoms with Gasteiger partial charge in [-0.15, -0.1) is 22.7 Å². The summed E-state index contributed by atoms with van der Waals surface area (Å²) in [6.45, 7) is 2.13. The lowest BCUT2D eigenvalue weighted by molar-refractivity contribution is 0.0247. The number of aliphatic hydroxyl groups excluding tert-OH is 1. The molecule has 0 spiro atoms. The van der Waals surface area contributed by atoms with E-state index < -0.39 is 0 Å². The van der Waals surface area contributed by atoms with Gasteiger partial charge in [0.25, 0.3) is 0 Å². The molecule has 2 heterocycles. The van der Waals surface area contributed by atoms with Crippen LogP contribution >= 0.6 is 22.7 Å². The molecular weight excluding hydrogens is 468 g/mol. The summed E-state index contributed by atoms with van der Waals surface area (Å²) in [5, 5.41) is 10.6. The standard InChI is InChI=1S/C26H24N2O4S2/c29-9-10-30-11-12-31-13-14-32-20-16-18(25-27-21-5-1-3-7-23(21)33-25)15-19(17-20)26-28-22-6-2-4-8-24(22)34-26/h1-8,15-17,29H,9-14H2. The summed E-state index contributed by atoms with van der Waals surface area (Å²) in [4.78, 5) is 9.67. The van der Waals surface area contributed by atoms with Crippen molar-refractivity contribution in [2.75, 3.05) is 39.6 Å². The van der Waals surface area contributed by atoms with Crippen LogP contribution in [0.4, 0.5) is 0 Å². The summed E-state index contributed by atoms with van der Waals surface area (Å²) in [6, 6.07) is 22.5. The minimum Gasteiger partial charge on any atom is -0.491 e. The predicted molar refractivity (Wildman–Crippen MR) is 138 cm³/mol. The number of para-hydroxylation sites is 2. The molecule has 0 fully saturated rings. The third-order valence-corrected chi connectivity index (χ3v) is 7.26. The second-order valence-corrected chi connectivity index (χ2v) is 9.58. The molecule has 0 aliphatic heterocycles. The molecule has 0 saturated heterocycles. The van der Waals surface area contributed by atoms with Crippen molar-refractivity contribution in [1.82, 2.24) is 9.97 Å². The van der Waals surface area contributed by atoms with Crippen LogP contribution < -0.4 is 4.74 Å². The molecule has 0 unspecified atom stereocenters. The van der Waals surface area contributed by atoms with Gasteiger partial charge in [0.1, 0.15) is 22.4 Å². The van der Waals surface area contributed by atoms with E-state index in [4.69, 9.17) is 29.3 Å². The molecule has 6 nitrogen and oxygen atoms in total. The highest BCUT2D eigenvalue weighted by Crippen LogP contribution is 2.37. The van der Waals surface area contributed by atoms with Crippen LogP contribution in [0.15, 0.2) is 66.7 Å². The van der Waals surface area contributed by atoms with Crippen LogP contribution in [0.25, 0.3) is 41.6 Å². The van der Waals surface area contributed by atoms with Gasteiger partial charge in [-0.1, -0.05) is 24.3 Å². The predicted octanol–water partition coefficient (Wildman–Crippen LogP) is 5.64. The van der Waals surface area contributed by atoms with Gasteiger partial charge >= 0.3 is 0 Å². The van der Waals surface area contributed by atoms with E-state index >= 15 is 0 Å². The number of aromatic nitrogens is 2. The Hall–Kier alpha value is -2.88. The molecule has 1 N–H and O–H groups in total. The lowest BCUT2D eigenvalue weighted by Crippen LogP contribution is -2.12. The van der Waals surface area contributed by atoms with E-state index in [0.29, 0.717) is 33.0 Å². The summed E-state index contributed by atoms with van der Waals surface area (Å²) >= 11 is 3.34. The van der Waals surface area contributed by atoms with Crippen molar-refractivity contribution in [2.45, 2.75) is 0 Å². The van der Waals surface area contributed by atoms with Crippen LogP contribution in [0.5, 0.6) is 5.75 Å². The zero-order valence-electron chi connectivity index (χ0n) is 18.5. The average Bonchev–Trinajstić information content (AvgIpc) is 3.50. The molecule has 5 aromatic rings. The number of benzene rings is 3. The summed E-state index contributed by atoms with van der Waals surface area (Å²) in [5.74, 6) is 0.756. The van der Waals surface area contributed by atoms with Crippen LogP contribution in [-0.4, -0.2) is 54.7 Å². The fraction of sp³-hybridized carbons (Fsp3) is 0.231. The molecule has 0 radical (unpaired) electrons. The normalized spacial score (nSPS) is 11.4. The first-order chi connectivity index (χ1) is 16.8. The Balaban J connectivity index is 1.38. The maximum absolute atomic E-state index is 8.73. The molecule has 0 aliphatic rings. The number of nitrogens with zero attached hydrogens (tertiary/aromatic N) is 2. The second-order valence-electron chi connectivity index (χ2n) is 7.52. The van der Waals surface area contributed by atoms with Gasteiger partial charge in [-0.25, -0.2) is 9.97 Å². The summed E-state index contributed by atoms with van der Waals surface area (Å²) < 4.78 is 19.1. The number of hydrogen-bond donors (Lipinski definition) is 1. The molecule has 0 aliphatic carbocycles. The van der Waals surface area contributed by atoms with E-state index in [1.54, 1.807) is 22.7 Å². The summed E-state index contributed by atoms with van der Waals surface area (Å²) in [5.41, 5.74) is 4.00. The van der Waals surface area contributed by atoms with Crippen molar-refractivity contribution in [1.29, 1.82) is 0 Å². The molecule has 2 aromatic heterocycles. The van der Waals surface area contributed by atoms with Crippen molar-refractivity contribution in [3.63, 3.8) is 0 Å². The first-order valence-corrected chi connectivity index (χ1v) is 12.7. The molecule has 174 valence electrons. The van der Waals surface area contributed by atoms with Crippen LogP contribution in [-0.2, 0) is 9.47 Å². The number of thiazole rings is 2. The Kier molecular flexibility index (Phi) is 7.43. The van der Waals surface area contributed by atoms with Crippen LogP contribution in [0.3, 0.4) is 0 Å². The third kappa shape index (κ3) is 5.43. The fourth-order valence-corrected chi connectivity index (χ4v) is 5.43. The highest BCUT2D eigenvalue weighted by atomic mass is 32.1.